The Labute approximate surface area is 252 Å². The molecule has 1 aliphatic heterocycles. The van der Waals surface area contributed by atoms with Gasteiger partial charge < -0.3 is 10.0 Å². The number of Topliss-reactive ketones (excluding diaryl/α,β-unsaturated/α-hetero) is 1. The predicted molar refractivity (Wildman–Crippen MR) is 167 cm³/mol. The minimum Gasteiger partial charge on any atom is -0.507 e. The lowest BCUT2D eigenvalue weighted by molar-refractivity contribution is -0.385. The van der Waals surface area contributed by atoms with Crippen molar-refractivity contribution in [1.82, 2.24) is 4.90 Å². The molecule has 0 spiro atoms. The van der Waals surface area contributed by atoms with Gasteiger partial charge in [-0.1, -0.05) is 131 Å². The number of aliphatic hydroxyl groups excluding tert-OH is 1. The molecule has 3 rings (SSSR count). The number of halogens is 1. The Morgan fingerprint density at radius 2 is 1.41 bits per heavy atom. The molecule has 1 atom stereocenters. The molecular weight excluding hydrogens is 584 g/mol. The topological polar surface area (TPSA) is 101 Å². The van der Waals surface area contributed by atoms with Gasteiger partial charge in [0.2, 0.25) is 0 Å². The Morgan fingerprint density at radius 3 is 1.98 bits per heavy atom. The lowest BCUT2D eigenvalue weighted by Gasteiger charge is -2.25. The highest BCUT2D eigenvalue weighted by atomic mass is 79.9. The fourth-order valence-corrected chi connectivity index (χ4v) is 5.99. The van der Waals surface area contributed by atoms with Crippen LogP contribution >= 0.6 is 15.9 Å². The van der Waals surface area contributed by atoms with Gasteiger partial charge in [-0.05, 0) is 24.6 Å². The zero-order valence-corrected chi connectivity index (χ0v) is 25.7. The Morgan fingerprint density at radius 1 is 0.854 bits per heavy atom. The maximum atomic E-state index is 13.2. The molecule has 41 heavy (non-hydrogen) atoms. The molecule has 1 heterocycles. The molecule has 1 fully saturated rings. The highest BCUT2D eigenvalue weighted by Gasteiger charge is 2.47. The van der Waals surface area contributed by atoms with Gasteiger partial charge >= 0.3 is 0 Å². The Kier molecular flexibility index (Phi) is 13.5. The number of carbonyl (C=O) groups is 2. The van der Waals surface area contributed by atoms with Crippen LogP contribution in [0.25, 0.3) is 5.76 Å². The second-order valence-electron chi connectivity index (χ2n) is 10.9. The number of likely N-dealkylation sites (tertiary alicyclic amines) is 1. The van der Waals surface area contributed by atoms with Crippen LogP contribution in [0.5, 0.6) is 0 Å². The van der Waals surface area contributed by atoms with Crippen LogP contribution < -0.4 is 0 Å². The van der Waals surface area contributed by atoms with E-state index in [2.05, 4.69) is 22.9 Å². The minimum atomic E-state index is -1.03. The van der Waals surface area contributed by atoms with Crippen LogP contribution in [0.15, 0.2) is 58.6 Å². The lowest BCUT2D eigenvalue weighted by atomic mass is 9.94. The van der Waals surface area contributed by atoms with Crippen molar-refractivity contribution in [3.8, 4) is 0 Å². The highest BCUT2D eigenvalue weighted by Crippen LogP contribution is 2.42. The second kappa shape index (κ2) is 17.1. The van der Waals surface area contributed by atoms with Crippen LogP contribution in [0.2, 0.25) is 0 Å². The molecule has 1 N–H and O–H groups in total. The van der Waals surface area contributed by atoms with Crippen molar-refractivity contribution < 1.29 is 19.6 Å². The molecule has 0 radical (unpaired) electrons. The number of nitrogens with zero attached hydrogens (tertiary/aromatic N) is 2. The number of hydrogen-bond acceptors (Lipinski definition) is 5. The molecule has 8 heteroatoms. The first-order valence-electron chi connectivity index (χ1n) is 15.1. The molecule has 0 aromatic heterocycles. The summed E-state index contributed by atoms with van der Waals surface area (Å²) < 4.78 is 0.695. The first kappa shape index (κ1) is 32.5. The number of nitro groups is 1. The van der Waals surface area contributed by atoms with E-state index in [9.17, 15) is 24.8 Å². The van der Waals surface area contributed by atoms with Crippen molar-refractivity contribution in [3.63, 3.8) is 0 Å². The van der Waals surface area contributed by atoms with Crippen LogP contribution in [-0.4, -0.2) is 33.2 Å². The van der Waals surface area contributed by atoms with Gasteiger partial charge in [-0.3, -0.25) is 19.7 Å². The Bertz CT molecular complexity index is 1210. The summed E-state index contributed by atoms with van der Waals surface area (Å²) in [4.78, 5) is 39.2. The average Bonchev–Trinajstić information content (AvgIpc) is 3.21. The first-order valence-corrected chi connectivity index (χ1v) is 15.9. The van der Waals surface area contributed by atoms with Gasteiger partial charge in [-0.25, -0.2) is 0 Å². The van der Waals surface area contributed by atoms with E-state index in [4.69, 9.17) is 0 Å². The molecule has 222 valence electrons. The molecular formula is C33H43BrN2O5. The normalized spacial score (nSPS) is 16.4. The number of ketones is 1. The summed E-state index contributed by atoms with van der Waals surface area (Å²) >= 11 is 3.37. The number of aliphatic hydroxyl groups is 1. The molecule has 2 aromatic carbocycles. The zero-order chi connectivity index (χ0) is 29.6. The number of carbonyl (C=O) groups excluding carboxylic acids is 2. The van der Waals surface area contributed by atoms with E-state index in [0.717, 1.165) is 19.3 Å². The largest absolute Gasteiger partial charge is 0.507 e. The van der Waals surface area contributed by atoms with Crippen molar-refractivity contribution in [2.75, 3.05) is 6.54 Å². The molecule has 1 amide bonds. The Hall–Kier alpha value is -3.00. The predicted octanol–water partition coefficient (Wildman–Crippen LogP) is 9.26. The number of hydrogen-bond donors (Lipinski definition) is 1. The maximum absolute atomic E-state index is 13.2. The summed E-state index contributed by atoms with van der Waals surface area (Å²) in [5, 5.41) is 23.1. The van der Waals surface area contributed by atoms with Gasteiger partial charge in [0, 0.05) is 22.6 Å². The SMILES string of the molecule is CCCCCCCCCCCCCCCCN1C(=O)C(=O)/C(=C(\O)c2cccc(Br)c2)C1c1ccccc1[N+](=O)[O-]. The maximum Gasteiger partial charge on any atom is 0.295 e. The van der Waals surface area contributed by atoms with Crippen molar-refractivity contribution >= 4 is 39.1 Å². The van der Waals surface area contributed by atoms with Gasteiger partial charge in [-0.2, -0.15) is 0 Å². The summed E-state index contributed by atoms with van der Waals surface area (Å²) in [6.07, 6.45) is 16.8. The fourth-order valence-electron chi connectivity index (χ4n) is 5.59. The van der Waals surface area contributed by atoms with E-state index in [1.54, 1.807) is 42.5 Å². The van der Waals surface area contributed by atoms with E-state index in [0.29, 0.717) is 16.5 Å². The molecule has 1 unspecified atom stereocenters. The number of unbranched alkanes of at least 4 members (excludes halogenated alkanes) is 13. The highest BCUT2D eigenvalue weighted by molar-refractivity contribution is 9.10. The number of nitro benzene ring substituents is 1. The number of benzene rings is 2. The van der Waals surface area contributed by atoms with Gasteiger partial charge in [0.25, 0.3) is 17.4 Å². The smallest absolute Gasteiger partial charge is 0.295 e. The van der Waals surface area contributed by atoms with Crippen LogP contribution in [0.1, 0.15) is 114 Å². The van der Waals surface area contributed by atoms with Gasteiger partial charge in [-0.15, -0.1) is 0 Å². The van der Waals surface area contributed by atoms with E-state index in [-0.39, 0.29) is 29.1 Å². The summed E-state index contributed by atoms with van der Waals surface area (Å²) in [6.45, 7) is 2.53. The number of amides is 1. The minimum absolute atomic E-state index is 0.118. The van der Waals surface area contributed by atoms with E-state index in [1.165, 1.54) is 75.2 Å². The average molecular weight is 628 g/mol. The second-order valence-corrected chi connectivity index (χ2v) is 11.8. The molecule has 1 saturated heterocycles. The molecule has 7 nitrogen and oxygen atoms in total. The van der Waals surface area contributed by atoms with E-state index in [1.807, 2.05) is 0 Å². The summed E-state index contributed by atoms with van der Waals surface area (Å²) in [7, 11) is 0. The monoisotopic (exact) mass is 626 g/mol. The van der Waals surface area contributed by atoms with E-state index < -0.39 is 22.7 Å². The lowest BCUT2D eigenvalue weighted by Crippen LogP contribution is -2.31. The third-order valence-corrected chi connectivity index (χ3v) is 8.31. The van der Waals surface area contributed by atoms with Crippen LogP contribution in [0, 0.1) is 10.1 Å². The van der Waals surface area contributed by atoms with Crippen LogP contribution in [0.3, 0.4) is 0 Å². The van der Waals surface area contributed by atoms with Crippen LogP contribution in [0.4, 0.5) is 5.69 Å². The summed E-state index contributed by atoms with van der Waals surface area (Å²) in [6, 6.07) is 11.9. The first-order chi connectivity index (χ1) is 19.9. The van der Waals surface area contributed by atoms with Gasteiger partial charge in [0.15, 0.2) is 0 Å². The van der Waals surface area contributed by atoms with Crippen molar-refractivity contribution in [2.24, 2.45) is 0 Å². The van der Waals surface area contributed by atoms with E-state index >= 15 is 0 Å². The number of para-hydroxylation sites is 1. The Balaban J connectivity index is 1.61. The summed E-state index contributed by atoms with van der Waals surface area (Å²) in [5.41, 5.74) is 0.273. The molecule has 1 aliphatic rings. The van der Waals surface area contributed by atoms with Gasteiger partial charge in [0.1, 0.15) is 5.76 Å². The van der Waals surface area contributed by atoms with Crippen molar-refractivity contribution in [2.45, 2.75) is 103 Å². The van der Waals surface area contributed by atoms with Gasteiger partial charge in [0.05, 0.1) is 22.1 Å². The fraction of sp³-hybridized carbons (Fsp3) is 0.515. The van der Waals surface area contributed by atoms with Crippen LogP contribution in [-0.2, 0) is 9.59 Å². The molecule has 0 bridgehead atoms. The number of rotatable bonds is 18. The third kappa shape index (κ3) is 9.25. The quantitative estimate of drug-likeness (QED) is 0.0443. The van der Waals surface area contributed by atoms with Crippen molar-refractivity contribution in [3.05, 3.63) is 79.8 Å². The molecule has 0 aliphatic carbocycles. The molecule has 2 aromatic rings. The summed E-state index contributed by atoms with van der Waals surface area (Å²) in [5.74, 6) is -1.90. The zero-order valence-electron chi connectivity index (χ0n) is 24.2. The molecule has 0 saturated carbocycles. The van der Waals surface area contributed by atoms with Crippen molar-refractivity contribution in [1.29, 1.82) is 0 Å². The standard InChI is InChI=1S/C33H43BrN2O5/c1-2-3-4-5-6-7-8-9-10-11-12-13-14-17-23-35-30(27-21-15-16-22-28(27)36(40)41)29(32(38)33(35)39)31(37)25-19-18-20-26(34)24-25/h15-16,18-22,24,30,37H,2-14,17,23H2,1H3/b31-29-. The third-order valence-electron chi connectivity index (χ3n) is 7.82.